The number of hydrogen-bond acceptors (Lipinski definition) is 5. The van der Waals surface area contributed by atoms with E-state index >= 15 is 0 Å². The van der Waals surface area contributed by atoms with Crippen LogP contribution in [0.25, 0.3) is 0 Å². The number of nitrogens with zero attached hydrogens (tertiary/aromatic N) is 1. The molecular weight excluding hydrogens is 409 g/mol. The van der Waals surface area contributed by atoms with Crippen molar-refractivity contribution in [2.24, 2.45) is 0 Å². The molecule has 0 spiro atoms. The zero-order valence-electron chi connectivity index (χ0n) is 17.0. The van der Waals surface area contributed by atoms with Crippen LogP contribution in [-0.4, -0.2) is 19.5 Å². The van der Waals surface area contributed by atoms with E-state index in [1.807, 2.05) is 20.8 Å². The third-order valence-corrected chi connectivity index (χ3v) is 5.70. The van der Waals surface area contributed by atoms with Gasteiger partial charge in [0.05, 0.1) is 4.90 Å². The topological polar surface area (TPSA) is 101 Å². The van der Waals surface area contributed by atoms with Gasteiger partial charge < -0.3 is 9.84 Å². The summed E-state index contributed by atoms with van der Waals surface area (Å²) in [5, 5.41) is 6.45. The monoisotopic (exact) mass is 431 g/mol. The zero-order valence-corrected chi connectivity index (χ0v) is 17.8. The summed E-state index contributed by atoms with van der Waals surface area (Å²) in [5.74, 6) is -0.227. The number of sulfonamides is 1. The lowest BCUT2D eigenvalue weighted by atomic mass is 9.93. The number of anilines is 2. The summed E-state index contributed by atoms with van der Waals surface area (Å²) >= 11 is 0. The van der Waals surface area contributed by atoms with Gasteiger partial charge in [0.1, 0.15) is 11.6 Å². The summed E-state index contributed by atoms with van der Waals surface area (Å²) in [4.78, 5) is 12.3. The minimum absolute atomic E-state index is 0.166. The molecule has 2 N–H and O–H groups in total. The maximum Gasteiger partial charge on any atom is 0.261 e. The number of amides is 1. The van der Waals surface area contributed by atoms with Gasteiger partial charge in [-0.3, -0.25) is 9.52 Å². The lowest BCUT2D eigenvalue weighted by molar-refractivity contribution is 0.102. The molecule has 0 atom stereocenters. The van der Waals surface area contributed by atoms with Crippen LogP contribution < -0.4 is 10.0 Å². The molecule has 158 valence electrons. The minimum Gasteiger partial charge on any atom is -0.359 e. The summed E-state index contributed by atoms with van der Waals surface area (Å²) in [6.07, 6.45) is 0. The van der Waals surface area contributed by atoms with Crippen molar-refractivity contribution in [2.75, 3.05) is 10.0 Å². The second-order valence-corrected chi connectivity index (χ2v) is 9.56. The molecule has 30 heavy (non-hydrogen) atoms. The molecular formula is C21H22FN3O4S. The third kappa shape index (κ3) is 4.85. The predicted molar refractivity (Wildman–Crippen MR) is 112 cm³/mol. The number of hydrogen-bond donors (Lipinski definition) is 2. The van der Waals surface area contributed by atoms with Gasteiger partial charge in [0.2, 0.25) is 0 Å². The second kappa shape index (κ2) is 7.91. The summed E-state index contributed by atoms with van der Waals surface area (Å²) in [5.41, 5.74) is 0.462. The molecule has 7 nitrogen and oxygen atoms in total. The van der Waals surface area contributed by atoms with Crippen molar-refractivity contribution in [1.82, 2.24) is 5.16 Å². The van der Waals surface area contributed by atoms with Gasteiger partial charge in [0.15, 0.2) is 5.82 Å². The Labute approximate surface area is 174 Å². The average molecular weight is 431 g/mol. The molecule has 0 aliphatic rings. The molecule has 3 rings (SSSR count). The minimum atomic E-state index is -4.02. The Morgan fingerprint density at radius 3 is 2.47 bits per heavy atom. The van der Waals surface area contributed by atoms with Crippen LogP contribution in [0.1, 0.15) is 42.5 Å². The predicted octanol–water partition coefficient (Wildman–Crippen LogP) is 4.47. The van der Waals surface area contributed by atoms with Crippen LogP contribution in [0.3, 0.4) is 0 Å². The van der Waals surface area contributed by atoms with E-state index in [-0.39, 0.29) is 27.4 Å². The highest BCUT2D eigenvalue weighted by molar-refractivity contribution is 7.92. The zero-order chi connectivity index (χ0) is 22.1. The van der Waals surface area contributed by atoms with Gasteiger partial charge in [-0.15, -0.1) is 0 Å². The molecule has 9 heteroatoms. The average Bonchev–Trinajstić information content (AvgIpc) is 3.12. The molecule has 0 saturated carbocycles. The van der Waals surface area contributed by atoms with Gasteiger partial charge in [-0.25, -0.2) is 12.8 Å². The van der Waals surface area contributed by atoms with Crippen molar-refractivity contribution in [3.63, 3.8) is 0 Å². The molecule has 1 amide bonds. The summed E-state index contributed by atoms with van der Waals surface area (Å²) in [6, 6.07) is 11.2. The largest absolute Gasteiger partial charge is 0.359 e. The van der Waals surface area contributed by atoms with Crippen molar-refractivity contribution in [3.05, 3.63) is 71.2 Å². The van der Waals surface area contributed by atoms with E-state index in [1.165, 1.54) is 36.4 Å². The van der Waals surface area contributed by atoms with Crippen molar-refractivity contribution in [3.8, 4) is 0 Å². The Morgan fingerprint density at radius 2 is 1.83 bits per heavy atom. The van der Waals surface area contributed by atoms with Gasteiger partial charge in [-0.1, -0.05) is 38.1 Å². The highest BCUT2D eigenvalue weighted by Gasteiger charge is 2.21. The van der Waals surface area contributed by atoms with Crippen molar-refractivity contribution < 1.29 is 22.1 Å². The number of rotatable bonds is 5. The van der Waals surface area contributed by atoms with Crippen molar-refractivity contribution >= 4 is 27.4 Å². The van der Waals surface area contributed by atoms with E-state index in [2.05, 4.69) is 15.2 Å². The number of aryl methyl sites for hydroxylation is 1. The number of carbonyl (C=O) groups excluding carboxylic acids is 1. The van der Waals surface area contributed by atoms with Gasteiger partial charge in [-0.2, -0.15) is 0 Å². The Kier molecular flexibility index (Phi) is 5.67. The smallest absolute Gasteiger partial charge is 0.261 e. The van der Waals surface area contributed by atoms with E-state index in [4.69, 9.17) is 4.52 Å². The molecule has 0 fully saturated rings. The fourth-order valence-corrected chi connectivity index (χ4v) is 3.62. The number of halogens is 1. The fourth-order valence-electron chi connectivity index (χ4n) is 2.55. The van der Waals surface area contributed by atoms with Crippen LogP contribution in [0.15, 0.2) is 57.9 Å². The van der Waals surface area contributed by atoms with E-state index in [0.29, 0.717) is 11.3 Å². The van der Waals surface area contributed by atoms with Crippen LogP contribution in [0, 0.1) is 12.7 Å². The van der Waals surface area contributed by atoms with Crippen LogP contribution in [-0.2, 0) is 15.4 Å². The van der Waals surface area contributed by atoms with E-state index in [0.717, 1.165) is 6.07 Å². The maximum absolute atomic E-state index is 13.7. The fraction of sp³-hybridized carbons (Fsp3) is 0.238. The van der Waals surface area contributed by atoms with Gasteiger partial charge in [0.25, 0.3) is 15.9 Å². The second-order valence-electron chi connectivity index (χ2n) is 7.88. The van der Waals surface area contributed by atoms with E-state index < -0.39 is 21.7 Å². The van der Waals surface area contributed by atoms with Crippen LogP contribution in [0.2, 0.25) is 0 Å². The molecule has 1 aromatic heterocycles. The SMILES string of the molecule is Cc1ccc(S(=O)(=O)Nc2cccc(C(=O)Nc3cc(C(C)(C)C)on3)c2)cc1F. The first kappa shape index (κ1) is 21.5. The van der Waals surface area contributed by atoms with E-state index in [1.54, 1.807) is 13.0 Å². The molecule has 0 aliphatic carbocycles. The van der Waals surface area contributed by atoms with Crippen LogP contribution >= 0.6 is 0 Å². The Balaban J connectivity index is 1.77. The number of carbonyl (C=O) groups is 1. The van der Waals surface area contributed by atoms with E-state index in [9.17, 15) is 17.6 Å². The normalized spacial score (nSPS) is 11.9. The molecule has 0 radical (unpaired) electrons. The number of benzene rings is 2. The molecule has 0 bridgehead atoms. The van der Waals surface area contributed by atoms with Crippen LogP contribution in [0.4, 0.5) is 15.9 Å². The highest BCUT2D eigenvalue weighted by Crippen LogP contribution is 2.25. The first-order valence-electron chi connectivity index (χ1n) is 9.13. The lowest BCUT2D eigenvalue weighted by Gasteiger charge is -2.12. The molecule has 3 aromatic rings. The molecule has 0 aliphatic heterocycles. The molecule has 0 saturated heterocycles. The van der Waals surface area contributed by atoms with Crippen molar-refractivity contribution in [2.45, 2.75) is 38.0 Å². The standard InChI is InChI=1S/C21H22FN3O4S/c1-13-8-9-16(11-17(13)22)30(27,28)25-15-7-5-6-14(10-15)20(26)23-19-12-18(29-24-19)21(2,3)4/h5-12,25H,1-4H3,(H,23,24,26). The molecule has 0 unspecified atom stereocenters. The maximum atomic E-state index is 13.7. The lowest BCUT2D eigenvalue weighted by Crippen LogP contribution is -2.15. The summed E-state index contributed by atoms with van der Waals surface area (Å²) < 4.78 is 46.4. The van der Waals surface area contributed by atoms with Crippen LogP contribution in [0.5, 0.6) is 0 Å². The highest BCUT2D eigenvalue weighted by atomic mass is 32.2. The third-order valence-electron chi connectivity index (χ3n) is 4.32. The molecule has 2 aromatic carbocycles. The molecule has 1 heterocycles. The number of nitrogens with one attached hydrogen (secondary N) is 2. The number of aromatic nitrogens is 1. The van der Waals surface area contributed by atoms with Crippen molar-refractivity contribution in [1.29, 1.82) is 0 Å². The van der Waals surface area contributed by atoms with Gasteiger partial charge >= 0.3 is 0 Å². The van der Waals surface area contributed by atoms with Gasteiger partial charge in [-0.05, 0) is 42.8 Å². The Hall–Kier alpha value is -3.20. The Morgan fingerprint density at radius 1 is 1.10 bits per heavy atom. The van der Waals surface area contributed by atoms with Gasteiger partial charge in [0, 0.05) is 22.7 Å². The summed E-state index contributed by atoms with van der Waals surface area (Å²) in [7, 11) is -4.02. The Bertz CT molecular complexity index is 1200. The first-order chi connectivity index (χ1) is 14.0. The quantitative estimate of drug-likeness (QED) is 0.621. The summed E-state index contributed by atoms with van der Waals surface area (Å²) in [6.45, 7) is 7.40. The first-order valence-corrected chi connectivity index (χ1v) is 10.6.